The zero-order valence-electron chi connectivity index (χ0n) is 20.2. The number of aryl methyl sites for hydroxylation is 1. The smallest absolute Gasteiger partial charge is 0.309 e. The van der Waals surface area contributed by atoms with Crippen molar-refractivity contribution < 1.29 is 13.9 Å². The van der Waals surface area contributed by atoms with E-state index in [-0.39, 0.29) is 18.0 Å². The number of benzene rings is 1. The van der Waals surface area contributed by atoms with Gasteiger partial charge in [-0.15, -0.1) is 0 Å². The first-order valence-corrected chi connectivity index (χ1v) is 13.1. The van der Waals surface area contributed by atoms with Crippen LogP contribution in [0, 0.1) is 23.2 Å². The van der Waals surface area contributed by atoms with Gasteiger partial charge in [-0.3, -0.25) is 4.79 Å². The van der Waals surface area contributed by atoms with E-state index in [0.29, 0.717) is 18.3 Å². The molecule has 0 atom stereocenters. The van der Waals surface area contributed by atoms with E-state index < -0.39 is 5.83 Å². The molecule has 33 heavy (non-hydrogen) atoms. The van der Waals surface area contributed by atoms with E-state index in [1.165, 1.54) is 49.0 Å². The fraction of sp³-hybridized carbons (Fsp3) is 0.655. The first kappa shape index (κ1) is 25.5. The standard InChI is InChI=1S/C29H40FNO2/c1-2-3-4-6-22-9-13-24(14-10-22)25-17-19-28(20-18-25)33-29(32)26-15-11-23(12-16-26)7-5-8-27(30)21-31/h8-10,13-14,23,25-26,28H,2-7,11-12,15-20H2,1H3. The number of rotatable bonds is 10. The molecule has 2 aliphatic rings. The molecule has 2 saturated carbocycles. The maximum absolute atomic E-state index is 12.9. The van der Waals surface area contributed by atoms with Crippen molar-refractivity contribution in [2.24, 2.45) is 11.8 Å². The number of hydrogen-bond donors (Lipinski definition) is 0. The summed E-state index contributed by atoms with van der Waals surface area (Å²) >= 11 is 0. The number of halogens is 1. The lowest BCUT2D eigenvalue weighted by Crippen LogP contribution is -2.29. The van der Waals surface area contributed by atoms with Crippen LogP contribution in [0.25, 0.3) is 0 Å². The van der Waals surface area contributed by atoms with Crippen molar-refractivity contribution in [1.29, 1.82) is 5.26 Å². The minimum atomic E-state index is -0.693. The van der Waals surface area contributed by atoms with Gasteiger partial charge >= 0.3 is 5.97 Å². The Bertz CT molecular complexity index is 794. The number of nitrogens with zero attached hydrogens (tertiary/aromatic N) is 1. The predicted molar refractivity (Wildman–Crippen MR) is 130 cm³/mol. The molecule has 4 heteroatoms. The number of hydrogen-bond acceptors (Lipinski definition) is 3. The van der Waals surface area contributed by atoms with Gasteiger partial charge in [-0.2, -0.15) is 9.65 Å². The molecule has 0 amide bonds. The number of carbonyl (C=O) groups excluding carboxylic acids is 1. The normalized spacial score (nSPS) is 25.9. The maximum Gasteiger partial charge on any atom is 0.309 e. The summed E-state index contributed by atoms with van der Waals surface area (Å²) in [6, 6.07) is 10.7. The largest absolute Gasteiger partial charge is 0.462 e. The van der Waals surface area contributed by atoms with Crippen molar-refractivity contribution in [2.45, 2.75) is 109 Å². The molecule has 2 aliphatic carbocycles. The van der Waals surface area contributed by atoms with E-state index >= 15 is 0 Å². The van der Waals surface area contributed by atoms with Gasteiger partial charge in [0.15, 0.2) is 5.83 Å². The van der Waals surface area contributed by atoms with Crippen molar-refractivity contribution >= 4 is 5.97 Å². The van der Waals surface area contributed by atoms with Crippen LogP contribution in [0.4, 0.5) is 4.39 Å². The third-order valence-corrected chi connectivity index (χ3v) is 7.66. The molecule has 180 valence electrons. The SMILES string of the molecule is CCCCCc1ccc(C2CCC(OC(=O)C3CCC(CCC=C(F)C#N)CC3)CC2)cc1. The molecule has 1 aromatic carbocycles. The minimum absolute atomic E-state index is 0.0104. The zero-order chi connectivity index (χ0) is 23.5. The number of allylic oxidation sites excluding steroid dienone is 2. The molecule has 0 spiro atoms. The van der Waals surface area contributed by atoms with Crippen LogP contribution in [0.3, 0.4) is 0 Å². The zero-order valence-corrected chi connectivity index (χ0v) is 20.2. The van der Waals surface area contributed by atoms with Crippen LogP contribution in [-0.2, 0) is 16.0 Å². The second kappa shape index (κ2) is 13.5. The number of esters is 1. The van der Waals surface area contributed by atoms with Crippen molar-refractivity contribution in [3.05, 3.63) is 47.3 Å². The summed E-state index contributed by atoms with van der Waals surface area (Å²) in [7, 11) is 0. The first-order chi connectivity index (χ1) is 16.1. The molecule has 0 radical (unpaired) electrons. The van der Waals surface area contributed by atoms with Crippen LogP contribution >= 0.6 is 0 Å². The van der Waals surface area contributed by atoms with Gasteiger partial charge in [0, 0.05) is 0 Å². The van der Waals surface area contributed by atoms with Crippen molar-refractivity contribution in [1.82, 2.24) is 0 Å². The predicted octanol–water partition coefficient (Wildman–Crippen LogP) is 7.95. The second-order valence-electron chi connectivity index (χ2n) is 10.1. The highest BCUT2D eigenvalue weighted by molar-refractivity contribution is 5.72. The summed E-state index contributed by atoms with van der Waals surface area (Å²) in [5, 5.41) is 8.47. The molecule has 0 saturated heterocycles. The van der Waals surface area contributed by atoms with Gasteiger partial charge in [-0.1, -0.05) is 44.0 Å². The molecule has 0 aliphatic heterocycles. The monoisotopic (exact) mass is 453 g/mol. The van der Waals surface area contributed by atoms with Gasteiger partial charge in [0.2, 0.25) is 0 Å². The van der Waals surface area contributed by atoms with Crippen LogP contribution in [-0.4, -0.2) is 12.1 Å². The maximum atomic E-state index is 12.9. The van der Waals surface area contributed by atoms with Crippen LogP contribution in [0.15, 0.2) is 36.2 Å². The molecule has 3 rings (SSSR count). The Morgan fingerprint density at radius 1 is 1.06 bits per heavy atom. The summed E-state index contributed by atoms with van der Waals surface area (Å²) in [5.41, 5.74) is 2.87. The Hall–Kier alpha value is -2.15. The van der Waals surface area contributed by atoms with Gasteiger partial charge < -0.3 is 4.74 Å². The van der Waals surface area contributed by atoms with Gasteiger partial charge in [-0.05, 0) is 106 Å². The van der Waals surface area contributed by atoms with E-state index in [4.69, 9.17) is 10.00 Å². The van der Waals surface area contributed by atoms with Crippen molar-refractivity contribution in [3.63, 3.8) is 0 Å². The van der Waals surface area contributed by atoms with Gasteiger partial charge in [-0.25, -0.2) is 0 Å². The third-order valence-electron chi connectivity index (χ3n) is 7.66. The molecule has 2 fully saturated rings. The van der Waals surface area contributed by atoms with Crippen molar-refractivity contribution in [2.75, 3.05) is 0 Å². The lowest BCUT2D eigenvalue weighted by molar-refractivity contribution is -0.157. The highest BCUT2D eigenvalue weighted by atomic mass is 19.1. The number of unbranched alkanes of at least 4 members (excludes halogenated alkanes) is 2. The van der Waals surface area contributed by atoms with E-state index in [9.17, 15) is 9.18 Å². The fourth-order valence-electron chi connectivity index (χ4n) is 5.49. The fourth-order valence-corrected chi connectivity index (χ4v) is 5.49. The molecule has 0 unspecified atom stereocenters. The quantitative estimate of drug-likeness (QED) is 0.205. The van der Waals surface area contributed by atoms with E-state index in [0.717, 1.165) is 57.8 Å². The lowest BCUT2D eigenvalue weighted by Gasteiger charge is -2.31. The Morgan fingerprint density at radius 2 is 1.76 bits per heavy atom. The van der Waals surface area contributed by atoms with Gasteiger partial charge in [0.1, 0.15) is 12.2 Å². The summed E-state index contributed by atoms with van der Waals surface area (Å²) < 4.78 is 18.8. The average molecular weight is 454 g/mol. The molecule has 0 heterocycles. The van der Waals surface area contributed by atoms with Crippen LogP contribution in [0.1, 0.15) is 107 Å². The van der Waals surface area contributed by atoms with Gasteiger partial charge in [0.25, 0.3) is 0 Å². The molecular weight excluding hydrogens is 413 g/mol. The van der Waals surface area contributed by atoms with Crippen LogP contribution in [0.5, 0.6) is 0 Å². The van der Waals surface area contributed by atoms with Crippen LogP contribution in [0.2, 0.25) is 0 Å². The van der Waals surface area contributed by atoms with E-state index in [2.05, 4.69) is 31.2 Å². The van der Waals surface area contributed by atoms with Crippen molar-refractivity contribution in [3.8, 4) is 6.07 Å². The topological polar surface area (TPSA) is 50.1 Å². The van der Waals surface area contributed by atoms with E-state index in [1.807, 2.05) is 0 Å². The molecule has 0 aromatic heterocycles. The highest BCUT2D eigenvalue weighted by Gasteiger charge is 2.30. The summed E-state index contributed by atoms with van der Waals surface area (Å²) in [6.45, 7) is 2.24. The number of ether oxygens (including phenoxy) is 1. The summed E-state index contributed by atoms with van der Waals surface area (Å²) in [4.78, 5) is 12.7. The molecule has 0 bridgehead atoms. The lowest BCUT2D eigenvalue weighted by atomic mass is 9.79. The van der Waals surface area contributed by atoms with E-state index in [1.54, 1.807) is 0 Å². The Morgan fingerprint density at radius 3 is 2.39 bits per heavy atom. The molecular formula is C29H40FNO2. The number of carbonyl (C=O) groups is 1. The average Bonchev–Trinajstić information content (AvgIpc) is 2.85. The Labute approximate surface area is 199 Å². The Kier molecular flexibility index (Phi) is 10.4. The molecule has 1 aromatic rings. The van der Waals surface area contributed by atoms with Gasteiger partial charge in [0.05, 0.1) is 5.92 Å². The molecule has 3 nitrogen and oxygen atoms in total. The molecule has 0 N–H and O–H groups in total. The Balaban J connectivity index is 1.35. The second-order valence-corrected chi connectivity index (χ2v) is 10.1. The summed E-state index contributed by atoms with van der Waals surface area (Å²) in [5.74, 6) is 0.418. The van der Waals surface area contributed by atoms with Crippen LogP contribution < -0.4 is 0 Å². The minimum Gasteiger partial charge on any atom is -0.462 e. The first-order valence-electron chi connectivity index (χ1n) is 13.1. The number of nitriles is 1. The highest BCUT2D eigenvalue weighted by Crippen LogP contribution is 2.36. The summed E-state index contributed by atoms with van der Waals surface area (Å²) in [6.07, 6.45) is 15.8. The third kappa shape index (κ3) is 8.29.